The normalized spacial score (nSPS) is 10.8. The third-order valence-electron chi connectivity index (χ3n) is 4.76. The monoisotopic (exact) mass is 424 g/mol. The first-order valence-electron chi connectivity index (χ1n) is 10.6. The molecule has 0 fully saturated rings. The summed E-state index contributed by atoms with van der Waals surface area (Å²) in [6.07, 6.45) is 16.8. The number of hydrogen-bond acceptors (Lipinski definition) is 2. The van der Waals surface area contributed by atoms with Crippen molar-refractivity contribution >= 4 is 21.7 Å². The van der Waals surface area contributed by atoms with E-state index in [1.54, 1.807) is 0 Å². The van der Waals surface area contributed by atoms with E-state index < -0.39 is 0 Å². The van der Waals surface area contributed by atoms with Crippen molar-refractivity contribution < 1.29 is 9.53 Å². The van der Waals surface area contributed by atoms with Gasteiger partial charge in [-0.05, 0) is 30.7 Å². The largest absolute Gasteiger partial charge is 0.494 e. The number of halogens is 1. The third kappa shape index (κ3) is 11.7. The number of hydrogen-bond donors (Lipinski definition) is 0. The summed E-state index contributed by atoms with van der Waals surface area (Å²) in [7, 11) is 0. The van der Waals surface area contributed by atoms with E-state index in [1.165, 1.54) is 70.6 Å². The van der Waals surface area contributed by atoms with Crippen LogP contribution in [0.2, 0.25) is 0 Å². The Balaban J connectivity index is 1.93. The molecule has 0 radical (unpaired) electrons. The lowest BCUT2D eigenvalue weighted by Crippen LogP contribution is -2.01. The zero-order chi connectivity index (χ0) is 18.9. The predicted molar refractivity (Wildman–Crippen MR) is 116 cm³/mol. The van der Waals surface area contributed by atoms with Gasteiger partial charge in [-0.25, -0.2) is 0 Å². The number of benzene rings is 1. The topological polar surface area (TPSA) is 26.3 Å². The van der Waals surface area contributed by atoms with Gasteiger partial charge in [0, 0.05) is 17.3 Å². The second-order valence-electron chi connectivity index (χ2n) is 7.12. The van der Waals surface area contributed by atoms with Gasteiger partial charge in [0.15, 0.2) is 5.78 Å². The second-order valence-corrected chi connectivity index (χ2v) is 7.92. The maximum atomic E-state index is 11.8. The van der Waals surface area contributed by atoms with Crippen LogP contribution >= 0.6 is 15.9 Å². The van der Waals surface area contributed by atoms with Crippen molar-refractivity contribution in [3.8, 4) is 5.75 Å². The number of rotatable bonds is 17. The zero-order valence-corrected chi connectivity index (χ0v) is 18.2. The quantitative estimate of drug-likeness (QED) is 0.145. The Morgan fingerprint density at radius 3 is 1.81 bits per heavy atom. The molecule has 1 rings (SSSR count). The lowest BCUT2D eigenvalue weighted by atomic mass is 10.1. The molecule has 0 N–H and O–H groups in total. The van der Waals surface area contributed by atoms with Crippen LogP contribution in [-0.2, 0) is 0 Å². The van der Waals surface area contributed by atoms with Crippen molar-refractivity contribution in [1.29, 1.82) is 0 Å². The summed E-state index contributed by atoms with van der Waals surface area (Å²) in [5.41, 5.74) is 0.766. The van der Waals surface area contributed by atoms with Gasteiger partial charge in [-0.3, -0.25) is 4.79 Å². The van der Waals surface area contributed by atoms with E-state index >= 15 is 0 Å². The molecule has 26 heavy (non-hydrogen) atoms. The van der Waals surface area contributed by atoms with Crippen LogP contribution in [0.3, 0.4) is 0 Å². The first-order valence-corrected chi connectivity index (χ1v) is 11.7. The Hall–Kier alpha value is -0.830. The van der Waals surface area contributed by atoms with Gasteiger partial charge in [-0.1, -0.05) is 93.5 Å². The van der Waals surface area contributed by atoms with Gasteiger partial charge in [0.25, 0.3) is 0 Å². The molecule has 0 saturated carbocycles. The summed E-state index contributed by atoms with van der Waals surface area (Å²) in [4.78, 5) is 11.8. The van der Waals surface area contributed by atoms with Crippen LogP contribution in [0.15, 0.2) is 24.3 Å². The molecule has 0 aliphatic carbocycles. The average Bonchev–Trinajstić information content (AvgIpc) is 2.66. The number of ether oxygens (including phenoxy) is 1. The highest BCUT2D eigenvalue weighted by Gasteiger charge is 2.04. The van der Waals surface area contributed by atoms with Gasteiger partial charge in [0.05, 0.1) is 6.61 Å². The van der Waals surface area contributed by atoms with Crippen LogP contribution in [0.1, 0.15) is 101 Å². The fourth-order valence-corrected chi connectivity index (χ4v) is 3.46. The lowest BCUT2D eigenvalue weighted by Gasteiger charge is -2.07. The van der Waals surface area contributed by atoms with E-state index in [2.05, 4.69) is 22.9 Å². The molecule has 0 aliphatic rings. The van der Waals surface area contributed by atoms with E-state index in [1.807, 2.05) is 24.3 Å². The van der Waals surface area contributed by atoms with Crippen LogP contribution in [0.25, 0.3) is 0 Å². The van der Waals surface area contributed by atoms with Gasteiger partial charge >= 0.3 is 0 Å². The number of ketones is 1. The Labute approximate surface area is 169 Å². The summed E-state index contributed by atoms with van der Waals surface area (Å²) in [6.45, 7) is 3.04. The summed E-state index contributed by atoms with van der Waals surface area (Å²) < 4.78 is 5.77. The summed E-state index contributed by atoms with van der Waals surface area (Å²) in [6, 6.07) is 7.54. The van der Waals surface area contributed by atoms with Crippen LogP contribution in [0.4, 0.5) is 0 Å². The Morgan fingerprint density at radius 1 is 0.808 bits per heavy atom. The third-order valence-corrected chi connectivity index (χ3v) is 5.16. The number of Topliss-reactive ketones (excluding diaryl/α,β-unsaturated/α-hetero) is 1. The van der Waals surface area contributed by atoms with E-state index in [9.17, 15) is 4.79 Å². The molecule has 0 amide bonds. The molecule has 0 unspecified atom stereocenters. The SMILES string of the molecule is CCCCCCCCCCCCCCOc1ccc(C(=O)CCBr)cc1. The fourth-order valence-electron chi connectivity index (χ4n) is 3.10. The summed E-state index contributed by atoms with van der Waals surface area (Å²) in [5.74, 6) is 1.04. The van der Waals surface area contributed by atoms with Gasteiger partial charge in [0.2, 0.25) is 0 Å². The molecular formula is C23H37BrO2. The van der Waals surface area contributed by atoms with Crippen LogP contribution in [-0.4, -0.2) is 17.7 Å². The molecule has 0 spiro atoms. The number of unbranched alkanes of at least 4 members (excludes halogenated alkanes) is 11. The fraction of sp³-hybridized carbons (Fsp3) is 0.696. The highest BCUT2D eigenvalue weighted by molar-refractivity contribution is 9.09. The Bertz CT molecular complexity index is 456. The molecule has 0 saturated heterocycles. The van der Waals surface area contributed by atoms with Crippen LogP contribution in [0, 0.1) is 0 Å². The van der Waals surface area contributed by atoms with Crippen molar-refractivity contribution in [2.75, 3.05) is 11.9 Å². The summed E-state index contributed by atoms with van der Waals surface area (Å²) >= 11 is 3.30. The summed E-state index contributed by atoms with van der Waals surface area (Å²) in [5, 5.41) is 0.711. The minimum atomic E-state index is 0.175. The first-order chi connectivity index (χ1) is 12.8. The molecule has 0 aliphatic heterocycles. The molecule has 2 nitrogen and oxygen atoms in total. The number of carbonyl (C=O) groups excluding carboxylic acids is 1. The minimum Gasteiger partial charge on any atom is -0.494 e. The molecular weight excluding hydrogens is 388 g/mol. The molecule has 0 atom stereocenters. The molecule has 0 bridgehead atoms. The van der Waals surface area contributed by atoms with E-state index in [0.29, 0.717) is 11.8 Å². The van der Waals surface area contributed by atoms with Gasteiger partial charge in [-0.15, -0.1) is 0 Å². The Morgan fingerprint density at radius 2 is 1.31 bits per heavy atom. The first kappa shape index (κ1) is 23.2. The van der Waals surface area contributed by atoms with Crippen molar-refractivity contribution in [3.05, 3.63) is 29.8 Å². The second kappa shape index (κ2) is 16.4. The van der Waals surface area contributed by atoms with Crippen molar-refractivity contribution in [1.82, 2.24) is 0 Å². The van der Waals surface area contributed by atoms with Crippen LogP contribution in [0.5, 0.6) is 5.75 Å². The predicted octanol–water partition coefficient (Wildman–Crippen LogP) is 7.73. The van der Waals surface area contributed by atoms with Crippen molar-refractivity contribution in [2.24, 2.45) is 0 Å². The van der Waals surface area contributed by atoms with Crippen LogP contribution < -0.4 is 4.74 Å². The standard InChI is InChI=1S/C23H37BrO2/c1-2-3-4-5-6-7-8-9-10-11-12-13-20-26-22-16-14-21(15-17-22)23(25)18-19-24/h14-17H,2-13,18-20H2,1H3. The van der Waals surface area contributed by atoms with E-state index in [4.69, 9.17) is 4.74 Å². The van der Waals surface area contributed by atoms with E-state index in [0.717, 1.165) is 24.3 Å². The highest BCUT2D eigenvalue weighted by atomic mass is 79.9. The van der Waals surface area contributed by atoms with Gasteiger partial charge in [-0.2, -0.15) is 0 Å². The molecule has 1 aromatic rings. The molecule has 0 aromatic heterocycles. The smallest absolute Gasteiger partial charge is 0.163 e. The van der Waals surface area contributed by atoms with Crippen molar-refractivity contribution in [2.45, 2.75) is 90.4 Å². The number of alkyl halides is 1. The lowest BCUT2D eigenvalue weighted by molar-refractivity contribution is 0.0990. The van der Waals surface area contributed by atoms with Gasteiger partial charge < -0.3 is 4.74 Å². The van der Waals surface area contributed by atoms with Crippen molar-refractivity contribution in [3.63, 3.8) is 0 Å². The molecule has 1 aromatic carbocycles. The maximum absolute atomic E-state index is 11.8. The molecule has 148 valence electrons. The molecule has 0 heterocycles. The Kier molecular flexibility index (Phi) is 14.6. The zero-order valence-electron chi connectivity index (χ0n) is 16.6. The highest BCUT2D eigenvalue weighted by Crippen LogP contribution is 2.15. The van der Waals surface area contributed by atoms with Gasteiger partial charge in [0.1, 0.15) is 5.75 Å². The minimum absolute atomic E-state index is 0.175. The maximum Gasteiger partial charge on any atom is 0.163 e. The van der Waals surface area contributed by atoms with E-state index in [-0.39, 0.29) is 5.78 Å². The molecule has 3 heteroatoms. The number of carbonyl (C=O) groups is 1. The average molecular weight is 425 g/mol.